The van der Waals surface area contributed by atoms with Gasteiger partial charge in [0.1, 0.15) is 5.75 Å². The van der Waals surface area contributed by atoms with Gasteiger partial charge in [0.05, 0.1) is 13.0 Å². The summed E-state index contributed by atoms with van der Waals surface area (Å²) in [4.78, 5) is 12.1. The topological polar surface area (TPSA) is 64.3 Å². The molecule has 0 aromatic heterocycles. The molecule has 112 valence electrons. The highest BCUT2D eigenvalue weighted by molar-refractivity contribution is 5.78. The summed E-state index contributed by atoms with van der Waals surface area (Å²) in [5.74, 6) is 0.708. The molecule has 3 N–H and O–H groups in total. The van der Waals surface area contributed by atoms with E-state index in [1.54, 1.807) is 7.11 Å². The van der Waals surface area contributed by atoms with Gasteiger partial charge in [-0.3, -0.25) is 4.79 Å². The number of carbonyl (C=O) groups is 1. The Morgan fingerprint density at radius 3 is 2.35 bits per heavy atom. The molecule has 0 aliphatic heterocycles. The predicted octanol–water partition coefficient (Wildman–Crippen LogP) is 2.32. The zero-order valence-electron chi connectivity index (χ0n) is 12.9. The van der Waals surface area contributed by atoms with Crippen molar-refractivity contribution >= 4 is 5.91 Å². The second-order valence-corrected chi connectivity index (χ2v) is 6.26. The molecule has 0 radical (unpaired) electrons. The van der Waals surface area contributed by atoms with Gasteiger partial charge >= 0.3 is 0 Å². The Bertz CT molecular complexity index is 421. The van der Waals surface area contributed by atoms with Crippen LogP contribution < -0.4 is 15.8 Å². The SMILES string of the molecule is COc1ccc(CNC(=O)C(CN)CC(C)(C)C)cc1. The first-order chi connectivity index (χ1) is 9.35. The highest BCUT2D eigenvalue weighted by Gasteiger charge is 2.23. The number of ether oxygens (including phenoxy) is 1. The third-order valence-corrected chi connectivity index (χ3v) is 3.14. The number of nitrogens with one attached hydrogen (secondary N) is 1. The third-order valence-electron chi connectivity index (χ3n) is 3.14. The molecule has 4 nitrogen and oxygen atoms in total. The van der Waals surface area contributed by atoms with Gasteiger partial charge in [-0.2, -0.15) is 0 Å². The lowest BCUT2D eigenvalue weighted by Gasteiger charge is -2.24. The number of benzene rings is 1. The molecule has 4 heteroatoms. The van der Waals surface area contributed by atoms with E-state index in [-0.39, 0.29) is 17.2 Å². The first kappa shape index (κ1) is 16.5. The molecule has 0 bridgehead atoms. The summed E-state index contributed by atoms with van der Waals surface area (Å²) in [5, 5.41) is 2.95. The lowest BCUT2D eigenvalue weighted by atomic mass is 9.84. The molecule has 1 aromatic rings. The van der Waals surface area contributed by atoms with Gasteiger partial charge in [-0.15, -0.1) is 0 Å². The maximum Gasteiger partial charge on any atom is 0.224 e. The van der Waals surface area contributed by atoms with Crippen LogP contribution in [0.15, 0.2) is 24.3 Å². The number of nitrogens with two attached hydrogens (primary N) is 1. The molecular formula is C16H26N2O2. The standard InChI is InChI=1S/C16H26N2O2/c1-16(2,3)9-13(10-17)15(19)18-11-12-5-7-14(20-4)8-6-12/h5-8,13H,9-11,17H2,1-4H3,(H,18,19). The van der Waals surface area contributed by atoms with Crippen LogP contribution in [-0.2, 0) is 11.3 Å². The minimum absolute atomic E-state index is 0.0262. The largest absolute Gasteiger partial charge is 0.497 e. The van der Waals surface area contributed by atoms with E-state index >= 15 is 0 Å². The molecular weight excluding hydrogens is 252 g/mol. The fraction of sp³-hybridized carbons (Fsp3) is 0.562. The fourth-order valence-corrected chi connectivity index (χ4v) is 2.10. The third kappa shape index (κ3) is 5.61. The molecule has 1 aromatic carbocycles. The summed E-state index contributed by atoms with van der Waals surface area (Å²) in [6, 6.07) is 7.66. The Morgan fingerprint density at radius 1 is 1.30 bits per heavy atom. The zero-order valence-corrected chi connectivity index (χ0v) is 12.9. The normalized spacial score (nSPS) is 12.8. The smallest absolute Gasteiger partial charge is 0.224 e. The monoisotopic (exact) mass is 278 g/mol. The van der Waals surface area contributed by atoms with Crippen molar-refractivity contribution in [2.45, 2.75) is 33.7 Å². The summed E-state index contributed by atoms with van der Waals surface area (Å²) in [6.45, 7) is 7.25. The summed E-state index contributed by atoms with van der Waals surface area (Å²) in [5.41, 5.74) is 6.86. The van der Waals surface area contributed by atoms with Crippen LogP contribution in [0.25, 0.3) is 0 Å². The highest BCUT2D eigenvalue weighted by atomic mass is 16.5. The number of rotatable bonds is 6. The van der Waals surface area contributed by atoms with Gasteiger partial charge in [0.15, 0.2) is 0 Å². The Hall–Kier alpha value is -1.55. The Kier molecular flexibility index (Phi) is 6.02. The molecule has 0 aliphatic rings. The van der Waals surface area contributed by atoms with Gasteiger partial charge in [0.2, 0.25) is 5.91 Å². The first-order valence-corrected chi connectivity index (χ1v) is 6.96. The van der Waals surface area contributed by atoms with Crippen LogP contribution in [0, 0.1) is 11.3 Å². The number of methoxy groups -OCH3 is 1. The maximum atomic E-state index is 12.1. The molecule has 1 atom stereocenters. The second kappa shape index (κ2) is 7.29. The van der Waals surface area contributed by atoms with Gasteiger partial charge < -0.3 is 15.8 Å². The Morgan fingerprint density at radius 2 is 1.90 bits per heavy atom. The maximum absolute atomic E-state index is 12.1. The lowest BCUT2D eigenvalue weighted by molar-refractivity contribution is -0.125. The van der Waals surface area contributed by atoms with Crippen LogP contribution in [0.1, 0.15) is 32.8 Å². The van der Waals surface area contributed by atoms with Crippen molar-refractivity contribution < 1.29 is 9.53 Å². The molecule has 1 unspecified atom stereocenters. The summed E-state index contributed by atoms with van der Waals surface area (Å²) < 4.78 is 5.10. The quantitative estimate of drug-likeness (QED) is 0.839. The zero-order chi connectivity index (χ0) is 15.2. The average molecular weight is 278 g/mol. The van der Waals surface area contributed by atoms with Crippen molar-refractivity contribution in [1.82, 2.24) is 5.32 Å². The Labute approximate surface area is 121 Å². The summed E-state index contributed by atoms with van der Waals surface area (Å²) >= 11 is 0. The number of amides is 1. The molecule has 1 rings (SSSR count). The molecule has 1 amide bonds. The number of hydrogen-bond donors (Lipinski definition) is 2. The van der Waals surface area contributed by atoms with E-state index in [1.165, 1.54) is 0 Å². The van der Waals surface area contributed by atoms with Crippen molar-refractivity contribution in [3.63, 3.8) is 0 Å². The molecule has 0 fully saturated rings. The minimum atomic E-state index is -0.131. The highest BCUT2D eigenvalue weighted by Crippen LogP contribution is 2.24. The average Bonchev–Trinajstić information content (AvgIpc) is 2.41. The molecule has 0 aliphatic carbocycles. The van der Waals surface area contributed by atoms with E-state index in [1.807, 2.05) is 24.3 Å². The van der Waals surface area contributed by atoms with Crippen LogP contribution in [0.3, 0.4) is 0 Å². The van der Waals surface area contributed by atoms with Crippen LogP contribution in [0.5, 0.6) is 5.75 Å². The second-order valence-electron chi connectivity index (χ2n) is 6.26. The van der Waals surface area contributed by atoms with Gasteiger partial charge in [0.25, 0.3) is 0 Å². The van der Waals surface area contributed by atoms with Gasteiger partial charge in [-0.1, -0.05) is 32.9 Å². The van der Waals surface area contributed by atoms with E-state index in [2.05, 4.69) is 26.1 Å². The number of hydrogen-bond acceptors (Lipinski definition) is 3. The van der Waals surface area contributed by atoms with Crippen molar-refractivity contribution in [3.8, 4) is 5.75 Å². The minimum Gasteiger partial charge on any atom is -0.497 e. The van der Waals surface area contributed by atoms with Crippen molar-refractivity contribution in [1.29, 1.82) is 0 Å². The Balaban J connectivity index is 2.52. The number of carbonyl (C=O) groups excluding carboxylic acids is 1. The van der Waals surface area contributed by atoms with E-state index in [4.69, 9.17) is 10.5 Å². The van der Waals surface area contributed by atoms with Crippen molar-refractivity contribution in [2.24, 2.45) is 17.1 Å². The van der Waals surface area contributed by atoms with Crippen molar-refractivity contribution in [2.75, 3.05) is 13.7 Å². The molecule has 20 heavy (non-hydrogen) atoms. The molecule has 0 spiro atoms. The fourth-order valence-electron chi connectivity index (χ4n) is 2.10. The van der Waals surface area contributed by atoms with E-state index < -0.39 is 0 Å². The van der Waals surface area contributed by atoms with E-state index in [9.17, 15) is 4.79 Å². The molecule has 0 saturated heterocycles. The first-order valence-electron chi connectivity index (χ1n) is 6.96. The van der Waals surface area contributed by atoms with Crippen LogP contribution >= 0.6 is 0 Å². The van der Waals surface area contributed by atoms with E-state index in [0.717, 1.165) is 17.7 Å². The lowest BCUT2D eigenvalue weighted by Crippen LogP contribution is -2.36. The van der Waals surface area contributed by atoms with Crippen molar-refractivity contribution in [3.05, 3.63) is 29.8 Å². The van der Waals surface area contributed by atoms with Crippen LogP contribution in [0.2, 0.25) is 0 Å². The summed E-state index contributed by atoms with van der Waals surface area (Å²) in [6.07, 6.45) is 0.790. The molecule has 0 saturated carbocycles. The van der Waals surface area contributed by atoms with Crippen LogP contribution in [0.4, 0.5) is 0 Å². The molecule has 0 heterocycles. The van der Waals surface area contributed by atoms with E-state index in [0.29, 0.717) is 13.1 Å². The summed E-state index contributed by atoms with van der Waals surface area (Å²) in [7, 11) is 1.63. The van der Waals surface area contributed by atoms with Gasteiger partial charge in [-0.05, 0) is 29.5 Å². The predicted molar refractivity (Wildman–Crippen MR) is 81.5 cm³/mol. The van der Waals surface area contributed by atoms with Gasteiger partial charge in [-0.25, -0.2) is 0 Å². The van der Waals surface area contributed by atoms with Crippen LogP contribution in [-0.4, -0.2) is 19.6 Å². The van der Waals surface area contributed by atoms with Gasteiger partial charge in [0, 0.05) is 13.1 Å².